The average molecular weight is 367 g/mol. The summed E-state index contributed by atoms with van der Waals surface area (Å²) in [5.41, 5.74) is 2.90. The molecule has 6 nitrogen and oxygen atoms in total. The largest absolute Gasteiger partial charge is 0.472 e. The minimum absolute atomic E-state index is 0.0593. The van der Waals surface area contributed by atoms with E-state index in [0.717, 1.165) is 35.1 Å². The molecule has 0 saturated carbocycles. The Morgan fingerprint density at radius 2 is 2.15 bits per heavy atom. The number of hydrogen-bond donors (Lipinski definition) is 1. The summed E-state index contributed by atoms with van der Waals surface area (Å²) in [4.78, 5) is 17.3. The highest BCUT2D eigenvalue weighted by Crippen LogP contribution is 2.21. The van der Waals surface area contributed by atoms with Crippen molar-refractivity contribution in [1.82, 2.24) is 14.4 Å². The van der Waals surface area contributed by atoms with Crippen molar-refractivity contribution < 1.29 is 14.3 Å². The Labute approximate surface area is 158 Å². The highest BCUT2D eigenvalue weighted by molar-refractivity contribution is 5.98. The molecule has 1 N–H and O–H groups in total. The van der Waals surface area contributed by atoms with E-state index in [1.165, 1.54) is 0 Å². The third-order valence-corrected chi connectivity index (χ3v) is 5.46. The van der Waals surface area contributed by atoms with Gasteiger partial charge in [-0.05, 0) is 36.1 Å². The lowest BCUT2D eigenvalue weighted by molar-refractivity contribution is 0.0395. The van der Waals surface area contributed by atoms with Crippen LogP contribution in [-0.2, 0) is 13.6 Å². The molecule has 0 bridgehead atoms. The molecule has 2 aromatic heterocycles. The van der Waals surface area contributed by atoms with Crippen molar-refractivity contribution in [2.75, 3.05) is 26.2 Å². The van der Waals surface area contributed by atoms with Crippen LogP contribution in [0.2, 0.25) is 0 Å². The molecule has 0 radical (unpaired) electrons. The number of aromatic nitrogens is 1. The number of carbonyl (C=O) groups excluding carboxylic acids is 1. The van der Waals surface area contributed by atoms with Gasteiger partial charge in [0.05, 0.1) is 12.5 Å². The van der Waals surface area contributed by atoms with E-state index in [-0.39, 0.29) is 18.6 Å². The number of benzene rings is 1. The van der Waals surface area contributed by atoms with Crippen LogP contribution in [0.3, 0.4) is 0 Å². The standard InChI is InChI=1S/C21H25N3O3/c1-22-7-4-17-2-3-18(12-20(17)22)21(26)24-9-8-23(19(14-24)5-10-25)13-16-6-11-27-15-16/h2-4,6-7,11-12,15,19,25H,5,8-10,13-14H2,1H3/t19-/m1/s1. The van der Waals surface area contributed by atoms with Crippen molar-refractivity contribution in [2.45, 2.75) is 19.0 Å². The Hall–Kier alpha value is -2.57. The summed E-state index contributed by atoms with van der Waals surface area (Å²) in [6.45, 7) is 2.99. The first-order valence-corrected chi connectivity index (χ1v) is 9.36. The van der Waals surface area contributed by atoms with Crippen LogP contribution in [0.25, 0.3) is 10.9 Å². The van der Waals surface area contributed by atoms with Crippen molar-refractivity contribution in [3.63, 3.8) is 0 Å². The molecule has 1 saturated heterocycles. The summed E-state index contributed by atoms with van der Waals surface area (Å²) >= 11 is 0. The molecular weight excluding hydrogens is 342 g/mol. The van der Waals surface area contributed by atoms with Gasteiger partial charge in [-0.3, -0.25) is 9.69 Å². The fourth-order valence-corrected chi connectivity index (χ4v) is 3.90. The minimum atomic E-state index is 0.0593. The van der Waals surface area contributed by atoms with Crippen LogP contribution >= 0.6 is 0 Å². The van der Waals surface area contributed by atoms with Gasteiger partial charge in [-0.2, -0.15) is 0 Å². The smallest absolute Gasteiger partial charge is 0.254 e. The van der Waals surface area contributed by atoms with Crippen LogP contribution in [0.15, 0.2) is 53.5 Å². The molecule has 142 valence electrons. The van der Waals surface area contributed by atoms with Crippen LogP contribution in [0.5, 0.6) is 0 Å². The first-order chi connectivity index (χ1) is 13.2. The zero-order chi connectivity index (χ0) is 18.8. The molecule has 1 atom stereocenters. The topological polar surface area (TPSA) is 61.9 Å². The van der Waals surface area contributed by atoms with E-state index < -0.39 is 0 Å². The van der Waals surface area contributed by atoms with Gasteiger partial charge in [0.1, 0.15) is 0 Å². The van der Waals surface area contributed by atoms with E-state index in [2.05, 4.69) is 11.0 Å². The van der Waals surface area contributed by atoms with Crippen LogP contribution in [0.4, 0.5) is 0 Å². The molecule has 0 unspecified atom stereocenters. The second kappa shape index (κ2) is 7.58. The van der Waals surface area contributed by atoms with Crippen LogP contribution < -0.4 is 0 Å². The number of aliphatic hydroxyl groups is 1. The first-order valence-electron chi connectivity index (χ1n) is 9.36. The number of fused-ring (bicyclic) bond motifs is 1. The third-order valence-electron chi connectivity index (χ3n) is 5.46. The first kappa shape index (κ1) is 17.8. The minimum Gasteiger partial charge on any atom is -0.472 e. The number of rotatable bonds is 5. The number of hydrogen-bond acceptors (Lipinski definition) is 4. The van der Waals surface area contributed by atoms with Crippen molar-refractivity contribution in [3.05, 3.63) is 60.2 Å². The monoisotopic (exact) mass is 367 g/mol. The van der Waals surface area contributed by atoms with Gasteiger partial charge in [0.25, 0.3) is 5.91 Å². The fourth-order valence-electron chi connectivity index (χ4n) is 3.90. The lowest BCUT2D eigenvalue weighted by Crippen LogP contribution is -2.54. The van der Waals surface area contributed by atoms with E-state index in [0.29, 0.717) is 19.5 Å². The van der Waals surface area contributed by atoms with E-state index in [1.807, 2.05) is 47.0 Å². The highest BCUT2D eigenvalue weighted by atomic mass is 16.3. The maximum atomic E-state index is 13.1. The molecule has 1 aliphatic rings. The Kier molecular flexibility index (Phi) is 5.01. The SMILES string of the molecule is Cn1ccc2ccc(C(=O)N3CCN(Cc4ccoc4)[C@H](CCO)C3)cc21. The summed E-state index contributed by atoms with van der Waals surface area (Å²) in [7, 11) is 1.99. The molecule has 0 aliphatic carbocycles. The number of piperazine rings is 1. The normalized spacial score (nSPS) is 18.3. The van der Waals surface area contributed by atoms with Crippen LogP contribution in [0, 0.1) is 0 Å². The van der Waals surface area contributed by atoms with Gasteiger partial charge in [-0.15, -0.1) is 0 Å². The van der Waals surface area contributed by atoms with Crippen LogP contribution in [-0.4, -0.2) is 57.7 Å². The maximum Gasteiger partial charge on any atom is 0.254 e. The Balaban J connectivity index is 1.50. The van der Waals surface area contributed by atoms with Gasteiger partial charge in [-0.25, -0.2) is 0 Å². The van der Waals surface area contributed by atoms with Gasteiger partial charge in [0.2, 0.25) is 0 Å². The molecular formula is C21H25N3O3. The van der Waals surface area contributed by atoms with Gasteiger partial charge in [-0.1, -0.05) is 6.07 Å². The van der Waals surface area contributed by atoms with Gasteiger partial charge < -0.3 is 19.0 Å². The molecule has 3 aromatic rings. The molecule has 1 aromatic carbocycles. The number of aryl methyl sites for hydroxylation is 1. The van der Waals surface area contributed by atoms with Crippen molar-refractivity contribution >= 4 is 16.8 Å². The average Bonchev–Trinajstić information content (AvgIpc) is 3.32. The number of carbonyl (C=O) groups is 1. The van der Waals surface area contributed by atoms with Gasteiger partial charge in [0.15, 0.2) is 0 Å². The summed E-state index contributed by atoms with van der Waals surface area (Å²) in [5.74, 6) is 0.0593. The highest BCUT2D eigenvalue weighted by Gasteiger charge is 2.30. The quantitative estimate of drug-likeness (QED) is 0.753. The van der Waals surface area contributed by atoms with Crippen LogP contribution in [0.1, 0.15) is 22.3 Å². The summed E-state index contributed by atoms with van der Waals surface area (Å²) < 4.78 is 7.20. The van der Waals surface area contributed by atoms with Crippen molar-refractivity contribution in [1.29, 1.82) is 0 Å². The molecule has 3 heterocycles. The Morgan fingerprint density at radius 1 is 1.26 bits per heavy atom. The number of aliphatic hydroxyl groups excluding tert-OH is 1. The molecule has 1 amide bonds. The molecule has 1 fully saturated rings. The molecule has 6 heteroatoms. The number of furan rings is 1. The summed E-state index contributed by atoms with van der Waals surface area (Å²) in [6, 6.07) is 10.0. The Morgan fingerprint density at radius 3 is 2.93 bits per heavy atom. The second-order valence-electron chi connectivity index (χ2n) is 7.22. The van der Waals surface area contributed by atoms with Gasteiger partial charge >= 0.3 is 0 Å². The Bertz CT molecular complexity index is 916. The summed E-state index contributed by atoms with van der Waals surface area (Å²) in [6.07, 6.45) is 6.09. The predicted octanol–water partition coefficient (Wildman–Crippen LogP) is 2.48. The van der Waals surface area contributed by atoms with Gasteiger partial charge in [0, 0.05) is 68.7 Å². The van der Waals surface area contributed by atoms with E-state index >= 15 is 0 Å². The zero-order valence-electron chi connectivity index (χ0n) is 15.5. The van der Waals surface area contributed by atoms with E-state index in [4.69, 9.17) is 4.42 Å². The maximum absolute atomic E-state index is 13.1. The molecule has 0 spiro atoms. The molecule has 1 aliphatic heterocycles. The second-order valence-corrected chi connectivity index (χ2v) is 7.22. The van der Waals surface area contributed by atoms with Crippen molar-refractivity contribution in [3.8, 4) is 0 Å². The zero-order valence-corrected chi connectivity index (χ0v) is 15.5. The third kappa shape index (κ3) is 3.63. The lowest BCUT2D eigenvalue weighted by atomic mass is 10.1. The van der Waals surface area contributed by atoms with E-state index in [9.17, 15) is 9.90 Å². The van der Waals surface area contributed by atoms with Crippen molar-refractivity contribution in [2.24, 2.45) is 7.05 Å². The number of nitrogens with zero attached hydrogens (tertiary/aromatic N) is 3. The number of amides is 1. The van der Waals surface area contributed by atoms with E-state index in [1.54, 1.807) is 12.5 Å². The molecule has 4 rings (SSSR count). The predicted molar refractivity (Wildman–Crippen MR) is 103 cm³/mol. The fraction of sp³-hybridized carbons (Fsp3) is 0.381. The lowest BCUT2D eigenvalue weighted by Gasteiger charge is -2.41. The summed E-state index contributed by atoms with van der Waals surface area (Å²) in [5, 5.41) is 10.6. The molecule has 27 heavy (non-hydrogen) atoms.